The molecule has 14 heteroatoms. The van der Waals surface area contributed by atoms with Gasteiger partial charge in [0.2, 0.25) is 11.8 Å². The molecule has 5 rings (SSSR count). The molecule has 1 aliphatic heterocycles. The number of aliphatic carboxylic acids is 1. The van der Waals surface area contributed by atoms with E-state index < -0.39 is 30.0 Å². The number of hydrogen-bond acceptors (Lipinski definition) is 8. The molecular formula is C28H25BrFN7O5. The maximum Gasteiger partial charge on any atom is 0.311 e. The van der Waals surface area contributed by atoms with Crippen LogP contribution in [0.5, 0.6) is 0 Å². The minimum Gasteiger partial charge on any atom is -0.481 e. The zero-order valence-corrected chi connectivity index (χ0v) is 24.1. The molecule has 4 aromatic rings. The predicted octanol–water partition coefficient (Wildman–Crippen LogP) is 3.37. The maximum atomic E-state index is 14.5. The second-order valence-corrected chi connectivity index (χ2v) is 10.7. The average molecular weight is 638 g/mol. The zero-order chi connectivity index (χ0) is 30.1. The smallest absolute Gasteiger partial charge is 0.311 e. The lowest BCUT2D eigenvalue weighted by molar-refractivity contribution is -0.137. The highest BCUT2D eigenvalue weighted by atomic mass is 79.9. The van der Waals surface area contributed by atoms with Gasteiger partial charge in [0.05, 0.1) is 12.1 Å². The number of carbonyl (C=O) groups is 4. The Morgan fingerprint density at radius 1 is 1.12 bits per heavy atom. The first kappa shape index (κ1) is 28.9. The number of Topliss-reactive ketones (excluding diaryl/α,β-unsaturated/α-hetero) is 1. The number of carboxylic acids is 1. The monoisotopic (exact) mass is 637 g/mol. The molecule has 4 heterocycles. The molecule has 0 saturated carbocycles. The molecule has 0 radical (unpaired) electrons. The second-order valence-electron chi connectivity index (χ2n) is 9.94. The standard InChI is InChI=1S/C28H25BrFN7O5/c1-14-3-6-22(29)33-27(14)34-28(42)21-8-18(30)12-36(21)24(39)13-37-20-5-4-16(7-19(20)26(35-37)15(2)38)17-10-31-23(32-11-17)9-25(40)41/h3-7,10-11,18,21H,8-9,12-13H2,1-2H3,(H,40,41)(H,33,34,42)/t18-,21+/m1/s1. The van der Waals surface area contributed by atoms with Gasteiger partial charge in [-0.1, -0.05) is 12.1 Å². The Hall–Kier alpha value is -4.59. The highest BCUT2D eigenvalue weighted by Gasteiger charge is 2.40. The Morgan fingerprint density at radius 2 is 1.86 bits per heavy atom. The van der Waals surface area contributed by atoms with Gasteiger partial charge >= 0.3 is 5.97 Å². The van der Waals surface area contributed by atoms with Crippen molar-refractivity contribution in [2.45, 2.75) is 45.4 Å². The third-order valence-electron chi connectivity index (χ3n) is 6.89. The highest BCUT2D eigenvalue weighted by Crippen LogP contribution is 2.28. The number of aryl methyl sites for hydroxylation is 1. The fourth-order valence-electron chi connectivity index (χ4n) is 4.83. The number of likely N-dealkylation sites (tertiary alicyclic amines) is 1. The summed E-state index contributed by atoms with van der Waals surface area (Å²) in [7, 11) is 0. The number of hydrogen-bond donors (Lipinski definition) is 2. The Morgan fingerprint density at radius 3 is 2.55 bits per heavy atom. The molecular weight excluding hydrogens is 613 g/mol. The number of nitrogens with one attached hydrogen (secondary N) is 1. The van der Waals surface area contributed by atoms with Crippen LogP contribution in [0.4, 0.5) is 10.2 Å². The SMILES string of the molecule is CC(=O)c1nn(CC(=O)N2C[C@H](F)C[C@H]2C(=O)Nc2nc(Br)ccc2C)c2ccc(-c3cnc(CC(=O)O)nc3)cc12. The molecule has 1 fully saturated rings. The number of alkyl halides is 1. The lowest BCUT2D eigenvalue weighted by Crippen LogP contribution is -2.44. The molecule has 0 bridgehead atoms. The van der Waals surface area contributed by atoms with E-state index in [-0.39, 0.29) is 43.2 Å². The van der Waals surface area contributed by atoms with Crippen LogP contribution in [0.25, 0.3) is 22.0 Å². The third-order valence-corrected chi connectivity index (χ3v) is 7.34. The van der Waals surface area contributed by atoms with Gasteiger partial charge in [-0.05, 0) is 52.2 Å². The van der Waals surface area contributed by atoms with E-state index in [0.29, 0.717) is 38.0 Å². The Kier molecular flexibility index (Phi) is 8.07. The molecule has 2 N–H and O–H groups in total. The summed E-state index contributed by atoms with van der Waals surface area (Å²) in [6.45, 7) is 2.56. The molecule has 0 spiro atoms. The van der Waals surface area contributed by atoms with Gasteiger partial charge in [-0.2, -0.15) is 5.10 Å². The number of nitrogens with zero attached hydrogens (tertiary/aromatic N) is 6. The van der Waals surface area contributed by atoms with Gasteiger partial charge in [-0.3, -0.25) is 23.9 Å². The molecule has 1 aromatic carbocycles. The van der Waals surface area contributed by atoms with Crippen LogP contribution in [0.15, 0.2) is 47.3 Å². The molecule has 12 nitrogen and oxygen atoms in total. The number of carboxylic acid groups (broad SMARTS) is 1. The van der Waals surface area contributed by atoms with E-state index in [9.17, 15) is 23.6 Å². The molecule has 0 unspecified atom stereocenters. The van der Waals surface area contributed by atoms with Gasteiger partial charge in [-0.25, -0.2) is 19.3 Å². The van der Waals surface area contributed by atoms with Gasteiger partial charge in [0.15, 0.2) is 5.78 Å². The number of fused-ring (bicyclic) bond motifs is 1. The van der Waals surface area contributed by atoms with E-state index in [2.05, 4.69) is 41.3 Å². The van der Waals surface area contributed by atoms with Crippen LogP contribution in [0, 0.1) is 6.92 Å². The number of carbonyl (C=O) groups excluding carboxylic acids is 3. The number of halogens is 2. The van der Waals surface area contributed by atoms with Gasteiger partial charge < -0.3 is 15.3 Å². The lowest BCUT2D eigenvalue weighted by atomic mass is 10.0. The number of amides is 2. The summed E-state index contributed by atoms with van der Waals surface area (Å²) in [4.78, 5) is 63.5. The van der Waals surface area contributed by atoms with E-state index in [1.165, 1.54) is 28.9 Å². The number of benzene rings is 1. The summed E-state index contributed by atoms with van der Waals surface area (Å²) in [6.07, 6.45) is 1.14. The van der Waals surface area contributed by atoms with Crippen molar-refractivity contribution >= 4 is 56.2 Å². The highest BCUT2D eigenvalue weighted by molar-refractivity contribution is 9.10. The number of ketones is 1. The zero-order valence-electron chi connectivity index (χ0n) is 22.5. The topological polar surface area (TPSA) is 160 Å². The van der Waals surface area contributed by atoms with Crippen molar-refractivity contribution in [1.82, 2.24) is 29.6 Å². The van der Waals surface area contributed by atoms with Crippen molar-refractivity contribution in [3.63, 3.8) is 0 Å². The summed E-state index contributed by atoms with van der Waals surface area (Å²) in [6, 6.07) is 7.60. The van der Waals surface area contributed by atoms with E-state index in [0.717, 1.165) is 0 Å². The number of pyridine rings is 1. The minimum absolute atomic E-state index is 0.137. The van der Waals surface area contributed by atoms with Crippen molar-refractivity contribution < 1.29 is 28.7 Å². The van der Waals surface area contributed by atoms with Crippen LogP contribution in [0.2, 0.25) is 0 Å². The molecule has 2 atom stereocenters. The van der Waals surface area contributed by atoms with Crippen molar-refractivity contribution in [3.05, 3.63) is 64.4 Å². The predicted molar refractivity (Wildman–Crippen MR) is 152 cm³/mol. The van der Waals surface area contributed by atoms with Crippen molar-refractivity contribution in [3.8, 4) is 11.1 Å². The van der Waals surface area contributed by atoms with Gasteiger partial charge in [0.25, 0.3) is 0 Å². The van der Waals surface area contributed by atoms with Crippen LogP contribution in [0.1, 0.15) is 35.2 Å². The molecule has 42 heavy (non-hydrogen) atoms. The largest absolute Gasteiger partial charge is 0.481 e. The van der Waals surface area contributed by atoms with Crippen LogP contribution in [-0.2, 0) is 27.3 Å². The summed E-state index contributed by atoms with van der Waals surface area (Å²) in [5.74, 6) is -1.97. The molecule has 1 saturated heterocycles. The fraction of sp³-hybridized carbons (Fsp3) is 0.286. The summed E-state index contributed by atoms with van der Waals surface area (Å²) < 4.78 is 16.4. The molecule has 3 aromatic heterocycles. The maximum absolute atomic E-state index is 14.5. The summed E-state index contributed by atoms with van der Waals surface area (Å²) >= 11 is 3.27. The van der Waals surface area contributed by atoms with Gasteiger partial charge in [0.1, 0.15) is 47.1 Å². The lowest BCUT2D eigenvalue weighted by Gasteiger charge is -2.24. The summed E-state index contributed by atoms with van der Waals surface area (Å²) in [5, 5.41) is 16.5. The first-order valence-corrected chi connectivity index (χ1v) is 13.7. The van der Waals surface area contributed by atoms with Crippen LogP contribution < -0.4 is 5.32 Å². The van der Waals surface area contributed by atoms with Crippen molar-refractivity contribution in [1.29, 1.82) is 0 Å². The van der Waals surface area contributed by atoms with Crippen molar-refractivity contribution in [2.24, 2.45) is 0 Å². The number of aromatic nitrogens is 5. The Bertz CT molecular complexity index is 1730. The Balaban J connectivity index is 1.39. The van der Waals surface area contributed by atoms with E-state index in [4.69, 9.17) is 5.11 Å². The second kappa shape index (κ2) is 11.7. The molecule has 216 valence electrons. The van der Waals surface area contributed by atoms with Crippen LogP contribution >= 0.6 is 15.9 Å². The van der Waals surface area contributed by atoms with Crippen LogP contribution in [0.3, 0.4) is 0 Å². The van der Waals surface area contributed by atoms with E-state index in [1.807, 2.05) is 0 Å². The fourth-order valence-corrected chi connectivity index (χ4v) is 5.14. The van der Waals surface area contributed by atoms with Crippen molar-refractivity contribution in [2.75, 3.05) is 11.9 Å². The van der Waals surface area contributed by atoms with E-state index in [1.54, 1.807) is 37.3 Å². The van der Waals surface area contributed by atoms with Gasteiger partial charge in [0, 0.05) is 36.7 Å². The first-order chi connectivity index (χ1) is 20.0. The minimum atomic E-state index is -1.38. The molecule has 2 amide bonds. The quantitative estimate of drug-likeness (QED) is 0.218. The summed E-state index contributed by atoms with van der Waals surface area (Å²) in [5.41, 5.74) is 2.59. The number of anilines is 1. The Labute approximate surface area is 247 Å². The normalized spacial score (nSPS) is 16.5. The molecule has 0 aliphatic carbocycles. The van der Waals surface area contributed by atoms with Gasteiger partial charge in [-0.15, -0.1) is 0 Å². The third kappa shape index (κ3) is 6.03. The first-order valence-electron chi connectivity index (χ1n) is 12.9. The average Bonchev–Trinajstić information content (AvgIpc) is 3.51. The van der Waals surface area contributed by atoms with Crippen LogP contribution in [-0.4, -0.2) is 77.1 Å². The van der Waals surface area contributed by atoms with E-state index >= 15 is 0 Å². The molecule has 1 aliphatic rings. The number of rotatable bonds is 8.